The van der Waals surface area contributed by atoms with Crippen LogP contribution in [-0.2, 0) is 0 Å². The fraction of sp³-hybridized carbons (Fsp3) is 0.235. The molecule has 0 aliphatic heterocycles. The van der Waals surface area contributed by atoms with E-state index in [0.29, 0.717) is 5.56 Å². The lowest BCUT2D eigenvalue weighted by molar-refractivity contribution is -0.0493. The van der Waals surface area contributed by atoms with Crippen molar-refractivity contribution >= 4 is 27.6 Å². The van der Waals surface area contributed by atoms with E-state index >= 15 is 0 Å². The molecular formula is C17H17BrF2N2O2. The number of benzene rings is 2. The first-order valence-corrected chi connectivity index (χ1v) is 8.03. The Morgan fingerprint density at radius 2 is 1.92 bits per heavy atom. The molecule has 2 N–H and O–H groups in total. The van der Waals surface area contributed by atoms with E-state index in [1.54, 1.807) is 19.1 Å². The van der Waals surface area contributed by atoms with Crippen molar-refractivity contribution in [3.8, 4) is 5.75 Å². The van der Waals surface area contributed by atoms with Crippen molar-refractivity contribution in [2.24, 2.45) is 0 Å². The lowest BCUT2D eigenvalue weighted by atomic mass is 10.1. The van der Waals surface area contributed by atoms with Crippen LogP contribution in [0.4, 0.5) is 19.3 Å². The summed E-state index contributed by atoms with van der Waals surface area (Å²) in [5.74, 6) is -0.0738. The number of nitrogens with one attached hydrogen (secondary N) is 2. The van der Waals surface area contributed by atoms with Crippen LogP contribution in [0.5, 0.6) is 5.75 Å². The monoisotopic (exact) mass is 398 g/mol. The SMILES string of the molecule is Cc1cccc(OC(F)F)c1NC(=O)NC(C)c1cccc(Br)c1. The van der Waals surface area contributed by atoms with Crippen LogP contribution in [0, 0.1) is 6.92 Å². The molecular weight excluding hydrogens is 382 g/mol. The second-order valence-corrected chi connectivity index (χ2v) is 6.12. The molecule has 2 aromatic carbocycles. The Morgan fingerprint density at radius 1 is 1.21 bits per heavy atom. The van der Waals surface area contributed by atoms with Crippen LogP contribution < -0.4 is 15.4 Å². The van der Waals surface area contributed by atoms with Gasteiger partial charge in [-0.2, -0.15) is 8.78 Å². The van der Waals surface area contributed by atoms with Gasteiger partial charge in [-0.15, -0.1) is 0 Å². The molecule has 0 aromatic heterocycles. The number of carbonyl (C=O) groups is 1. The minimum absolute atomic E-state index is 0.0738. The lowest BCUT2D eigenvalue weighted by Gasteiger charge is -2.18. The normalized spacial score (nSPS) is 11.9. The molecule has 24 heavy (non-hydrogen) atoms. The zero-order valence-corrected chi connectivity index (χ0v) is 14.7. The Bertz CT molecular complexity index is 725. The number of amides is 2. The maximum Gasteiger partial charge on any atom is 0.387 e. The molecule has 0 heterocycles. The van der Waals surface area contributed by atoms with Gasteiger partial charge < -0.3 is 15.4 Å². The number of para-hydroxylation sites is 1. The maximum atomic E-state index is 12.5. The van der Waals surface area contributed by atoms with Crippen LogP contribution in [0.3, 0.4) is 0 Å². The van der Waals surface area contributed by atoms with E-state index < -0.39 is 12.6 Å². The molecule has 0 aliphatic carbocycles. The topological polar surface area (TPSA) is 50.4 Å². The van der Waals surface area contributed by atoms with E-state index in [2.05, 4.69) is 31.3 Å². The predicted octanol–water partition coefficient (Wildman–Crippen LogP) is 5.24. The summed E-state index contributed by atoms with van der Waals surface area (Å²) in [6, 6.07) is 11.4. The van der Waals surface area contributed by atoms with Crippen LogP contribution in [-0.4, -0.2) is 12.6 Å². The quantitative estimate of drug-likeness (QED) is 0.723. The molecule has 1 unspecified atom stereocenters. The second kappa shape index (κ2) is 8.10. The van der Waals surface area contributed by atoms with Gasteiger partial charge in [-0.1, -0.05) is 40.2 Å². The minimum Gasteiger partial charge on any atom is -0.433 e. The summed E-state index contributed by atoms with van der Waals surface area (Å²) in [7, 11) is 0. The van der Waals surface area contributed by atoms with Gasteiger partial charge in [0.2, 0.25) is 0 Å². The summed E-state index contributed by atoms with van der Waals surface area (Å²) < 4.78 is 30.3. The molecule has 1 atom stereocenters. The maximum absolute atomic E-state index is 12.5. The largest absolute Gasteiger partial charge is 0.433 e. The van der Waals surface area contributed by atoms with Crippen LogP contribution >= 0.6 is 15.9 Å². The molecule has 0 bridgehead atoms. The summed E-state index contributed by atoms with van der Waals surface area (Å²) in [6.45, 7) is 0.567. The molecule has 4 nitrogen and oxygen atoms in total. The van der Waals surface area contributed by atoms with Crippen molar-refractivity contribution in [2.75, 3.05) is 5.32 Å². The molecule has 0 spiro atoms. The highest BCUT2D eigenvalue weighted by Crippen LogP contribution is 2.29. The van der Waals surface area contributed by atoms with E-state index in [4.69, 9.17) is 0 Å². The number of carbonyl (C=O) groups excluding carboxylic acids is 1. The van der Waals surface area contributed by atoms with Crippen LogP contribution in [0.1, 0.15) is 24.1 Å². The van der Waals surface area contributed by atoms with E-state index in [1.807, 2.05) is 31.2 Å². The molecule has 0 aliphatic rings. The molecule has 7 heteroatoms. The van der Waals surface area contributed by atoms with Gasteiger partial charge in [0.15, 0.2) is 0 Å². The Kier molecular flexibility index (Phi) is 6.14. The van der Waals surface area contributed by atoms with Gasteiger partial charge >= 0.3 is 12.6 Å². The molecule has 2 rings (SSSR count). The first-order valence-electron chi connectivity index (χ1n) is 7.24. The Labute approximate surface area is 147 Å². The highest BCUT2D eigenvalue weighted by Gasteiger charge is 2.15. The molecule has 128 valence electrons. The van der Waals surface area contributed by atoms with Crippen molar-refractivity contribution in [3.63, 3.8) is 0 Å². The minimum atomic E-state index is -2.96. The molecule has 2 amide bonds. The summed E-state index contributed by atoms with van der Waals surface area (Å²) in [6.07, 6.45) is 0. The van der Waals surface area contributed by atoms with Crippen LogP contribution in [0.2, 0.25) is 0 Å². The number of urea groups is 1. The van der Waals surface area contributed by atoms with Gasteiger partial charge in [0.25, 0.3) is 0 Å². The van der Waals surface area contributed by atoms with Crippen molar-refractivity contribution < 1.29 is 18.3 Å². The van der Waals surface area contributed by atoms with E-state index in [1.165, 1.54) is 6.07 Å². The fourth-order valence-corrected chi connectivity index (χ4v) is 2.62. The van der Waals surface area contributed by atoms with Crippen molar-refractivity contribution in [1.29, 1.82) is 0 Å². The van der Waals surface area contributed by atoms with Crippen molar-refractivity contribution in [2.45, 2.75) is 26.5 Å². The fourth-order valence-electron chi connectivity index (χ4n) is 2.20. The molecule has 0 radical (unpaired) electrons. The van der Waals surface area contributed by atoms with E-state index in [9.17, 15) is 13.6 Å². The highest BCUT2D eigenvalue weighted by atomic mass is 79.9. The zero-order chi connectivity index (χ0) is 17.7. The number of hydrogen-bond donors (Lipinski definition) is 2. The Balaban J connectivity index is 2.09. The molecule has 0 saturated heterocycles. The number of rotatable bonds is 5. The van der Waals surface area contributed by atoms with Gasteiger partial charge in [0, 0.05) is 4.47 Å². The summed E-state index contributed by atoms with van der Waals surface area (Å²) in [5.41, 5.74) is 1.75. The highest BCUT2D eigenvalue weighted by molar-refractivity contribution is 9.10. The Hall–Kier alpha value is -2.15. The van der Waals surface area contributed by atoms with Gasteiger partial charge in [0.1, 0.15) is 5.75 Å². The second-order valence-electron chi connectivity index (χ2n) is 5.20. The zero-order valence-electron chi connectivity index (χ0n) is 13.1. The standard InChI is InChI=1S/C17H17BrF2N2O2/c1-10-5-3-8-14(24-16(19)20)15(10)22-17(23)21-11(2)12-6-4-7-13(18)9-12/h3-9,11,16H,1-2H3,(H2,21,22,23). The summed E-state index contributed by atoms with van der Waals surface area (Å²) in [5, 5.41) is 5.35. The van der Waals surface area contributed by atoms with Gasteiger partial charge in [-0.3, -0.25) is 0 Å². The number of anilines is 1. The Morgan fingerprint density at radius 3 is 2.58 bits per heavy atom. The third-order valence-corrected chi connectivity index (χ3v) is 3.88. The van der Waals surface area contributed by atoms with Crippen LogP contribution in [0.25, 0.3) is 0 Å². The van der Waals surface area contributed by atoms with Crippen LogP contribution in [0.15, 0.2) is 46.9 Å². The van der Waals surface area contributed by atoms with Gasteiger partial charge in [-0.05, 0) is 43.2 Å². The number of alkyl halides is 2. The number of aryl methyl sites for hydroxylation is 1. The van der Waals surface area contributed by atoms with Gasteiger partial charge in [-0.25, -0.2) is 4.79 Å². The third-order valence-electron chi connectivity index (χ3n) is 3.39. The number of ether oxygens (including phenoxy) is 1. The number of halogens is 3. The third kappa shape index (κ3) is 4.92. The molecule has 0 saturated carbocycles. The smallest absolute Gasteiger partial charge is 0.387 e. The average Bonchev–Trinajstić information content (AvgIpc) is 2.50. The van der Waals surface area contributed by atoms with E-state index in [0.717, 1.165) is 10.0 Å². The van der Waals surface area contributed by atoms with E-state index in [-0.39, 0.29) is 17.5 Å². The first kappa shape index (κ1) is 18.2. The number of hydrogen-bond acceptors (Lipinski definition) is 2. The van der Waals surface area contributed by atoms with Crippen molar-refractivity contribution in [1.82, 2.24) is 5.32 Å². The summed E-state index contributed by atoms with van der Waals surface area (Å²) >= 11 is 3.38. The molecule has 0 fully saturated rings. The van der Waals surface area contributed by atoms with Gasteiger partial charge in [0.05, 0.1) is 11.7 Å². The predicted molar refractivity (Wildman–Crippen MR) is 92.5 cm³/mol. The first-order chi connectivity index (χ1) is 11.4. The van der Waals surface area contributed by atoms with Crippen molar-refractivity contribution in [3.05, 3.63) is 58.1 Å². The lowest BCUT2D eigenvalue weighted by Crippen LogP contribution is -2.31. The summed E-state index contributed by atoms with van der Waals surface area (Å²) in [4.78, 5) is 12.2. The average molecular weight is 399 g/mol. The molecule has 2 aromatic rings.